The highest BCUT2D eigenvalue weighted by atomic mass is 16.7. The molecule has 1 aliphatic rings. The predicted molar refractivity (Wildman–Crippen MR) is 110 cm³/mol. The topological polar surface area (TPSA) is 72.7 Å². The van der Waals surface area contributed by atoms with Crippen molar-refractivity contribution in [1.82, 2.24) is 20.2 Å². The lowest BCUT2D eigenvalue weighted by Crippen LogP contribution is -2.38. The van der Waals surface area contributed by atoms with E-state index >= 15 is 0 Å². The van der Waals surface area contributed by atoms with Gasteiger partial charge < -0.3 is 24.7 Å². The second-order valence-electron chi connectivity index (χ2n) is 6.64. The van der Waals surface area contributed by atoms with E-state index in [1.54, 1.807) is 0 Å². The van der Waals surface area contributed by atoms with E-state index in [0.29, 0.717) is 13.3 Å². The average molecular weight is 379 g/mol. The van der Waals surface area contributed by atoms with Crippen LogP contribution in [-0.2, 0) is 20.0 Å². The molecule has 2 N–H and O–H groups in total. The molecule has 3 aromatic rings. The van der Waals surface area contributed by atoms with E-state index in [-0.39, 0.29) is 0 Å². The first-order valence-corrected chi connectivity index (χ1v) is 9.55. The standard InChI is InChI=1S/C21H25N5O2/c1-3-22-21(23-11-10-15-8-9-18-19(12-15)28-14-27-18)24-13-20-25-16-6-4-5-7-17(16)26(20)2/h4-9,12H,3,10-11,13-14H2,1-2H3,(H2,22,23,24). The third-order valence-electron chi connectivity index (χ3n) is 4.75. The van der Waals surface area contributed by atoms with Crippen molar-refractivity contribution in [3.05, 3.63) is 53.9 Å². The summed E-state index contributed by atoms with van der Waals surface area (Å²) >= 11 is 0. The van der Waals surface area contributed by atoms with E-state index in [0.717, 1.165) is 53.8 Å². The SMILES string of the molecule is CCNC(=NCc1nc2ccccc2n1C)NCCc1ccc2c(c1)OCO2. The van der Waals surface area contributed by atoms with Crippen LogP contribution in [0.25, 0.3) is 11.0 Å². The zero-order chi connectivity index (χ0) is 19.3. The van der Waals surface area contributed by atoms with Gasteiger partial charge in [-0.15, -0.1) is 0 Å². The number of hydrogen-bond donors (Lipinski definition) is 2. The minimum atomic E-state index is 0.302. The fourth-order valence-corrected chi connectivity index (χ4v) is 3.25. The van der Waals surface area contributed by atoms with E-state index in [1.165, 1.54) is 5.56 Å². The van der Waals surface area contributed by atoms with Gasteiger partial charge in [0.1, 0.15) is 12.4 Å². The lowest BCUT2D eigenvalue weighted by atomic mass is 10.1. The van der Waals surface area contributed by atoms with Crippen molar-refractivity contribution in [3.8, 4) is 11.5 Å². The average Bonchev–Trinajstić information content (AvgIpc) is 3.30. The second-order valence-corrected chi connectivity index (χ2v) is 6.64. The Bertz CT molecular complexity index is 996. The molecule has 0 bridgehead atoms. The van der Waals surface area contributed by atoms with Crippen LogP contribution in [0.4, 0.5) is 0 Å². The minimum Gasteiger partial charge on any atom is -0.454 e. The van der Waals surface area contributed by atoms with Crippen LogP contribution in [-0.4, -0.2) is 35.4 Å². The Balaban J connectivity index is 1.38. The predicted octanol–water partition coefficient (Wildman–Crippen LogP) is 2.60. The van der Waals surface area contributed by atoms with Crippen LogP contribution in [0, 0.1) is 0 Å². The largest absolute Gasteiger partial charge is 0.454 e. The quantitative estimate of drug-likeness (QED) is 0.509. The highest BCUT2D eigenvalue weighted by Crippen LogP contribution is 2.32. The van der Waals surface area contributed by atoms with Crippen LogP contribution in [0.1, 0.15) is 18.3 Å². The number of aryl methyl sites for hydroxylation is 1. The molecular formula is C21H25N5O2. The normalized spacial score (nSPS) is 13.1. The number of rotatable bonds is 6. The number of benzene rings is 2. The Hall–Kier alpha value is -3.22. The lowest BCUT2D eigenvalue weighted by molar-refractivity contribution is 0.174. The molecule has 0 fully saturated rings. The molecule has 146 valence electrons. The van der Waals surface area contributed by atoms with Crippen LogP contribution in [0.2, 0.25) is 0 Å². The Labute approximate surface area is 164 Å². The summed E-state index contributed by atoms with van der Waals surface area (Å²) < 4.78 is 12.9. The first-order chi connectivity index (χ1) is 13.7. The number of aliphatic imine (C=N–C) groups is 1. The summed E-state index contributed by atoms with van der Waals surface area (Å²) in [6.07, 6.45) is 0.868. The molecule has 1 aliphatic heterocycles. The number of nitrogens with one attached hydrogen (secondary N) is 2. The van der Waals surface area contributed by atoms with Crippen molar-refractivity contribution in [2.45, 2.75) is 19.9 Å². The number of guanidine groups is 1. The summed E-state index contributed by atoms with van der Waals surface area (Å²) in [6.45, 7) is 4.46. The molecule has 0 saturated heterocycles. The molecule has 2 aromatic carbocycles. The highest BCUT2D eigenvalue weighted by Gasteiger charge is 2.13. The monoisotopic (exact) mass is 379 g/mol. The number of nitrogens with zero attached hydrogens (tertiary/aromatic N) is 3. The molecule has 7 nitrogen and oxygen atoms in total. The summed E-state index contributed by atoms with van der Waals surface area (Å²) in [4.78, 5) is 9.38. The van der Waals surface area contributed by atoms with Gasteiger partial charge in [0.05, 0.1) is 11.0 Å². The van der Waals surface area contributed by atoms with Crippen molar-refractivity contribution in [2.75, 3.05) is 19.9 Å². The fraction of sp³-hybridized carbons (Fsp3) is 0.333. The Morgan fingerprint density at radius 3 is 2.86 bits per heavy atom. The Kier molecular flexibility index (Phi) is 5.32. The lowest BCUT2D eigenvalue weighted by Gasteiger charge is -2.11. The van der Waals surface area contributed by atoms with E-state index in [4.69, 9.17) is 14.5 Å². The van der Waals surface area contributed by atoms with Gasteiger partial charge in [0.2, 0.25) is 6.79 Å². The van der Waals surface area contributed by atoms with Crippen LogP contribution in [0.15, 0.2) is 47.5 Å². The van der Waals surface area contributed by atoms with Gasteiger partial charge in [0.15, 0.2) is 17.5 Å². The minimum absolute atomic E-state index is 0.302. The maximum atomic E-state index is 5.44. The van der Waals surface area contributed by atoms with Crippen molar-refractivity contribution in [3.63, 3.8) is 0 Å². The number of aromatic nitrogens is 2. The van der Waals surface area contributed by atoms with Gasteiger partial charge in [-0.05, 0) is 43.2 Å². The van der Waals surface area contributed by atoms with Gasteiger partial charge in [-0.25, -0.2) is 9.98 Å². The molecule has 0 atom stereocenters. The maximum Gasteiger partial charge on any atom is 0.231 e. The molecule has 2 heterocycles. The maximum absolute atomic E-state index is 5.44. The molecule has 28 heavy (non-hydrogen) atoms. The van der Waals surface area contributed by atoms with Gasteiger partial charge in [-0.1, -0.05) is 18.2 Å². The molecule has 0 unspecified atom stereocenters. The van der Waals surface area contributed by atoms with E-state index in [2.05, 4.69) is 39.2 Å². The van der Waals surface area contributed by atoms with E-state index in [9.17, 15) is 0 Å². The van der Waals surface area contributed by atoms with Gasteiger partial charge >= 0.3 is 0 Å². The third kappa shape index (κ3) is 3.88. The van der Waals surface area contributed by atoms with Crippen molar-refractivity contribution in [2.24, 2.45) is 12.0 Å². The first-order valence-electron chi connectivity index (χ1n) is 9.55. The zero-order valence-electron chi connectivity index (χ0n) is 16.2. The molecule has 0 spiro atoms. The van der Waals surface area contributed by atoms with Gasteiger partial charge in [-0.3, -0.25) is 0 Å². The van der Waals surface area contributed by atoms with E-state index < -0.39 is 0 Å². The summed E-state index contributed by atoms with van der Waals surface area (Å²) in [5.74, 6) is 3.36. The van der Waals surface area contributed by atoms with Crippen molar-refractivity contribution >= 4 is 17.0 Å². The van der Waals surface area contributed by atoms with Crippen LogP contribution in [0.3, 0.4) is 0 Å². The molecule has 0 aliphatic carbocycles. The Morgan fingerprint density at radius 1 is 1.14 bits per heavy atom. The summed E-state index contributed by atoms with van der Waals surface area (Å²) in [7, 11) is 2.03. The summed E-state index contributed by atoms with van der Waals surface area (Å²) in [5.41, 5.74) is 3.31. The highest BCUT2D eigenvalue weighted by molar-refractivity contribution is 5.80. The van der Waals surface area contributed by atoms with E-state index in [1.807, 2.05) is 37.4 Å². The number of fused-ring (bicyclic) bond motifs is 2. The number of para-hydroxylation sites is 2. The Morgan fingerprint density at radius 2 is 2.00 bits per heavy atom. The molecule has 7 heteroatoms. The van der Waals surface area contributed by atoms with Crippen molar-refractivity contribution in [1.29, 1.82) is 0 Å². The summed E-state index contributed by atoms with van der Waals surface area (Å²) in [6, 6.07) is 14.2. The third-order valence-corrected chi connectivity index (χ3v) is 4.75. The molecule has 0 amide bonds. The molecule has 0 radical (unpaired) electrons. The van der Waals surface area contributed by atoms with Gasteiger partial charge in [-0.2, -0.15) is 0 Å². The smallest absolute Gasteiger partial charge is 0.231 e. The molecular weight excluding hydrogens is 354 g/mol. The molecule has 0 saturated carbocycles. The van der Waals surface area contributed by atoms with Crippen LogP contribution in [0.5, 0.6) is 11.5 Å². The zero-order valence-corrected chi connectivity index (χ0v) is 16.2. The number of hydrogen-bond acceptors (Lipinski definition) is 4. The fourth-order valence-electron chi connectivity index (χ4n) is 3.25. The van der Waals surface area contributed by atoms with Crippen molar-refractivity contribution < 1.29 is 9.47 Å². The van der Waals surface area contributed by atoms with Crippen LogP contribution < -0.4 is 20.1 Å². The molecule has 1 aromatic heterocycles. The summed E-state index contributed by atoms with van der Waals surface area (Å²) in [5, 5.41) is 6.68. The van der Waals surface area contributed by atoms with Gasteiger partial charge in [0.25, 0.3) is 0 Å². The number of ether oxygens (including phenoxy) is 2. The first kappa shape index (κ1) is 18.2. The van der Waals surface area contributed by atoms with Gasteiger partial charge in [0, 0.05) is 20.1 Å². The molecule has 4 rings (SSSR count). The second kappa shape index (κ2) is 8.21. The number of imidazole rings is 1. The van der Waals surface area contributed by atoms with Crippen LogP contribution >= 0.6 is 0 Å².